The van der Waals surface area contributed by atoms with Gasteiger partial charge in [-0.05, 0) is 38.9 Å². The van der Waals surface area contributed by atoms with Crippen LogP contribution in [0.15, 0.2) is 18.2 Å². The SMILES string of the molecule is CC(C)N1CCCN(S(=O)(=O)Cc2ccc(Cl)cc2F)CC1. The molecule has 4 nitrogen and oxygen atoms in total. The van der Waals surface area contributed by atoms with Crippen molar-refractivity contribution in [3.05, 3.63) is 34.6 Å². The maximum absolute atomic E-state index is 13.8. The third kappa shape index (κ3) is 4.41. The van der Waals surface area contributed by atoms with Crippen molar-refractivity contribution in [3.63, 3.8) is 0 Å². The van der Waals surface area contributed by atoms with Crippen molar-refractivity contribution in [1.29, 1.82) is 0 Å². The van der Waals surface area contributed by atoms with Crippen LogP contribution in [0.5, 0.6) is 0 Å². The van der Waals surface area contributed by atoms with Crippen LogP contribution in [0.1, 0.15) is 25.8 Å². The molecule has 22 heavy (non-hydrogen) atoms. The summed E-state index contributed by atoms with van der Waals surface area (Å²) in [5, 5.41) is 0.265. The van der Waals surface area contributed by atoms with E-state index in [1.165, 1.54) is 16.4 Å². The second kappa shape index (κ2) is 7.25. The number of hydrogen-bond acceptors (Lipinski definition) is 3. The van der Waals surface area contributed by atoms with Crippen LogP contribution in [0, 0.1) is 5.82 Å². The molecule has 0 radical (unpaired) electrons. The molecule has 7 heteroatoms. The number of rotatable bonds is 4. The second-order valence-corrected chi connectivity index (χ2v) is 8.28. The van der Waals surface area contributed by atoms with E-state index in [0.29, 0.717) is 25.7 Å². The lowest BCUT2D eigenvalue weighted by Gasteiger charge is -2.24. The molecule has 0 atom stereocenters. The number of sulfonamides is 1. The van der Waals surface area contributed by atoms with Gasteiger partial charge < -0.3 is 0 Å². The van der Waals surface area contributed by atoms with Crippen molar-refractivity contribution < 1.29 is 12.8 Å². The predicted octanol–water partition coefficient (Wildman–Crippen LogP) is 2.73. The van der Waals surface area contributed by atoms with Crippen molar-refractivity contribution in [2.24, 2.45) is 0 Å². The Balaban J connectivity index is 2.10. The molecule has 1 aromatic carbocycles. The van der Waals surface area contributed by atoms with Crippen LogP contribution in [-0.2, 0) is 15.8 Å². The van der Waals surface area contributed by atoms with E-state index in [1.54, 1.807) is 0 Å². The van der Waals surface area contributed by atoms with Gasteiger partial charge >= 0.3 is 0 Å². The molecule has 0 aliphatic carbocycles. The van der Waals surface area contributed by atoms with Crippen LogP contribution in [0.4, 0.5) is 4.39 Å². The highest BCUT2D eigenvalue weighted by Crippen LogP contribution is 2.19. The quantitative estimate of drug-likeness (QED) is 0.840. The summed E-state index contributed by atoms with van der Waals surface area (Å²) in [6.07, 6.45) is 0.792. The average Bonchev–Trinajstić information content (AvgIpc) is 2.68. The van der Waals surface area contributed by atoms with Gasteiger partial charge in [-0.25, -0.2) is 17.1 Å². The fourth-order valence-corrected chi connectivity index (χ4v) is 4.37. The lowest BCUT2D eigenvalue weighted by atomic mass is 10.2. The summed E-state index contributed by atoms with van der Waals surface area (Å²) in [6, 6.07) is 4.50. The van der Waals surface area contributed by atoms with Crippen LogP contribution in [0.3, 0.4) is 0 Å². The Bertz CT molecular complexity index is 622. The smallest absolute Gasteiger partial charge is 0.218 e. The van der Waals surface area contributed by atoms with E-state index in [4.69, 9.17) is 11.6 Å². The van der Waals surface area contributed by atoms with Gasteiger partial charge in [-0.2, -0.15) is 0 Å². The van der Waals surface area contributed by atoms with Crippen molar-refractivity contribution >= 4 is 21.6 Å². The number of hydrogen-bond donors (Lipinski definition) is 0. The lowest BCUT2D eigenvalue weighted by Crippen LogP contribution is -2.37. The summed E-state index contributed by atoms with van der Waals surface area (Å²) in [5.41, 5.74) is 0.161. The van der Waals surface area contributed by atoms with Crippen molar-refractivity contribution in [2.45, 2.75) is 32.1 Å². The predicted molar refractivity (Wildman–Crippen MR) is 86.9 cm³/mol. The Kier molecular flexibility index (Phi) is 5.82. The highest BCUT2D eigenvalue weighted by molar-refractivity contribution is 7.88. The van der Waals surface area contributed by atoms with E-state index in [1.807, 2.05) is 0 Å². The largest absolute Gasteiger partial charge is 0.300 e. The second-order valence-electron chi connectivity index (χ2n) is 5.87. The van der Waals surface area contributed by atoms with Crippen LogP contribution >= 0.6 is 11.6 Å². The summed E-state index contributed by atoms with van der Waals surface area (Å²) in [7, 11) is -3.52. The van der Waals surface area contributed by atoms with Crippen LogP contribution in [-0.4, -0.2) is 49.8 Å². The Morgan fingerprint density at radius 3 is 2.59 bits per heavy atom. The normalized spacial score (nSPS) is 18.6. The van der Waals surface area contributed by atoms with E-state index < -0.39 is 15.8 Å². The Labute approximate surface area is 136 Å². The topological polar surface area (TPSA) is 40.6 Å². The molecule has 0 bridgehead atoms. The van der Waals surface area contributed by atoms with Gasteiger partial charge in [0.1, 0.15) is 5.82 Å². The average molecular weight is 349 g/mol. The molecule has 0 spiro atoms. The van der Waals surface area contributed by atoms with Gasteiger partial charge in [0.05, 0.1) is 5.75 Å². The van der Waals surface area contributed by atoms with Crippen LogP contribution in [0.25, 0.3) is 0 Å². The highest BCUT2D eigenvalue weighted by Gasteiger charge is 2.27. The Hall–Kier alpha value is -0.690. The summed E-state index contributed by atoms with van der Waals surface area (Å²) < 4.78 is 40.4. The first-order valence-corrected chi connectivity index (χ1v) is 9.44. The standard InChI is InChI=1S/C15H22ClFN2O2S/c1-12(2)18-6-3-7-19(9-8-18)22(20,21)11-13-4-5-14(16)10-15(13)17/h4-5,10,12H,3,6-9,11H2,1-2H3. The molecule has 1 heterocycles. The van der Waals surface area contributed by atoms with E-state index in [9.17, 15) is 12.8 Å². The highest BCUT2D eigenvalue weighted by atomic mass is 35.5. The molecule has 0 N–H and O–H groups in total. The summed E-state index contributed by atoms with van der Waals surface area (Å²) in [4.78, 5) is 2.26. The monoisotopic (exact) mass is 348 g/mol. The molecule has 1 aliphatic rings. The molecule has 1 saturated heterocycles. The Morgan fingerprint density at radius 1 is 1.23 bits per heavy atom. The van der Waals surface area contributed by atoms with Gasteiger partial charge in [0.25, 0.3) is 0 Å². The van der Waals surface area contributed by atoms with Gasteiger partial charge in [-0.3, -0.25) is 4.90 Å². The zero-order chi connectivity index (χ0) is 16.3. The molecular weight excluding hydrogens is 327 g/mol. The van der Waals surface area contributed by atoms with E-state index >= 15 is 0 Å². The Morgan fingerprint density at radius 2 is 1.95 bits per heavy atom. The minimum atomic E-state index is -3.52. The molecule has 2 rings (SSSR count). The maximum atomic E-state index is 13.8. The minimum absolute atomic E-state index is 0.161. The number of halogens is 2. The third-order valence-electron chi connectivity index (χ3n) is 3.97. The molecule has 0 saturated carbocycles. The van der Waals surface area contributed by atoms with E-state index in [2.05, 4.69) is 18.7 Å². The zero-order valence-electron chi connectivity index (χ0n) is 12.9. The van der Waals surface area contributed by atoms with Crippen molar-refractivity contribution in [3.8, 4) is 0 Å². The van der Waals surface area contributed by atoms with Gasteiger partial charge in [-0.1, -0.05) is 17.7 Å². The summed E-state index contributed by atoms with van der Waals surface area (Å²) >= 11 is 5.70. The first-order chi connectivity index (χ1) is 10.3. The van der Waals surface area contributed by atoms with Gasteiger partial charge in [0.2, 0.25) is 10.0 Å². The van der Waals surface area contributed by atoms with E-state index in [0.717, 1.165) is 19.0 Å². The first kappa shape index (κ1) is 17.7. The molecule has 0 amide bonds. The molecule has 1 fully saturated rings. The summed E-state index contributed by atoms with van der Waals surface area (Å²) in [6.45, 7) is 6.75. The van der Waals surface area contributed by atoms with Crippen LogP contribution < -0.4 is 0 Å². The molecule has 124 valence electrons. The molecule has 0 unspecified atom stereocenters. The molecule has 0 aromatic heterocycles. The third-order valence-corrected chi connectivity index (χ3v) is 6.03. The fourth-order valence-electron chi connectivity index (χ4n) is 2.63. The van der Waals surface area contributed by atoms with Crippen molar-refractivity contribution in [2.75, 3.05) is 26.2 Å². The summed E-state index contributed by atoms with van der Waals surface area (Å²) in [5.74, 6) is -0.896. The van der Waals surface area contributed by atoms with E-state index in [-0.39, 0.29) is 16.3 Å². The number of benzene rings is 1. The minimum Gasteiger partial charge on any atom is -0.300 e. The van der Waals surface area contributed by atoms with Crippen molar-refractivity contribution in [1.82, 2.24) is 9.21 Å². The zero-order valence-corrected chi connectivity index (χ0v) is 14.5. The maximum Gasteiger partial charge on any atom is 0.218 e. The lowest BCUT2D eigenvalue weighted by molar-refractivity contribution is 0.233. The molecule has 1 aliphatic heterocycles. The molecule has 1 aromatic rings. The van der Waals surface area contributed by atoms with Gasteiger partial charge in [0.15, 0.2) is 0 Å². The first-order valence-electron chi connectivity index (χ1n) is 7.45. The van der Waals surface area contributed by atoms with Crippen LogP contribution in [0.2, 0.25) is 5.02 Å². The van der Waals surface area contributed by atoms with Gasteiger partial charge in [0, 0.05) is 36.3 Å². The molecular formula is C15H22ClFN2O2S. The number of nitrogens with zero attached hydrogens (tertiary/aromatic N) is 2. The fraction of sp³-hybridized carbons (Fsp3) is 0.600. The van der Waals surface area contributed by atoms with Gasteiger partial charge in [-0.15, -0.1) is 0 Å².